The van der Waals surface area contributed by atoms with Crippen molar-refractivity contribution in [2.75, 3.05) is 87.8 Å². The van der Waals surface area contributed by atoms with Crippen molar-refractivity contribution >= 4 is 28.8 Å². The lowest BCUT2D eigenvalue weighted by Crippen LogP contribution is -2.61. The monoisotopic (exact) mass is 1200 g/mol. The predicted molar refractivity (Wildman–Crippen MR) is 320 cm³/mol. The molecule has 5 fully saturated rings. The normalized spacial score (nSPS) is 37.1. The first kappa shape index (κ1) is 68.4. The molecule has 0 radical (unpaired) electrons. The number of pyridine rings is 1. The minimum atomic E-state index is -1.63. The molecule has 1 aliphatic carbocycles. The smallest absolute Gasteiger partial charge is 0.343 e. The highest BCUT2D eigenvalue weighted by molar-refractivity contribution is 5.94. The molecule has 21 nitrogen and oxygen atoms in total. The standard InChI is InChI=1S/C64H101N5O16/c1-17-50-64(11,76)57(77-15)42(7)66(14)36-38(3)34-62(9,75)56(85-61-54(72)49(65(12)13)32-39(4)80-61)40(5)55(41(6)59(73)82-50)84-52-35-63(10,78-16)58(43(8)81-52)83-51(70)25-27-68-30-28-67(29-31-68)26-19-20-44-21-24-48-46(33-44)53(71)47(60(74)79-18-2)37-69(48)45-22-23-45/h21,24,33,37-43,45,49-50,52,54-58,61,72,75-76H,17-18,22-23,25-32,34-36H2,1-16H3/t38-,39-,40+,41-,42-,43+,49+,50-,52+,54-,55+,56-,57-,58+,61+,62-,63-,64-/m1/s1. The third-order valence-corrected chi connectivity index (χ3v) is 18.7. The summed E-state index contributed by atoms with van der Waals surface area (Å²) in [5.41, 5.74) is -3.20. The van der Waals surface area contributed by atoms with E-state index in [-0.39, 0.29) is 73.4 Å². The van der Waals surface area contributed by atoms with E-state index in [0.29, 0.717) is 37.0 Å². The third-order valence-electron chi connectivity index (χ3n) is 18.7. The topological polar surface area (TPSA) is 230 Å². The Hall–Kier alpha value is -4.12. The average molecular weight is 1200 g/mol. The van der Waals surface area contributed by atoms with E-state index >= 15 is 0 Å². The maximum Gasteiger partial charge on any atom is 0.343 e. The number of hydrogen-bond acceptors (Lipinski definition) is 20. The van der Waals surface area contributed by atoms with Gasteiger partial charge in [-0.05, 0) is 133 Å². The maximum absolute atomic E-state index is 14.8. The second-order valence-corrected chi connectivity index (χ2v) is 26.0. The molecule has 0 amide bonds. The molecule has 21 heteroatoms. The van der Waals surface area contributed by atoms with Crippen LogP contribution >= 0.6 is 0 Å². The number of likely N-dealkylation sites (N-methyl/N-ethyl adjacent to an activating group) is 2. The number of fused-ring (bicyclic) bond motifs is 1. The number of aromatic nitrogens is 1. The van der Waals surface area contributed by atoms with Gasteiger partial charge in [0.15, 0.2) is 18.7 Å². The Bertz CT molecular complexity index is 2700. The molecule has 0 spiro atoms. The van der Waals surface area contributed by atoms with Crippen molar-refractivity contribution in [1.29, 1.82) is 0 Å². The van der Waals surface area contributed by atoms with Crippen LogP contribution in [-0.2, 0) is 52.2 Å². The highest BCUT2D eigenvalue weighted by Gasteiger charge is 2.54. The number of aliphatic hydroxyl groups excluding tert-OH is 1. The number of ether oxygens (including phenoxy) is 9. The Morgan fingerprint density at radius 3 is 2.20 bits per heavy atom. The van der Waals surface area contributed by atoms with Crippen LogP contribution in [0.4, 0.5) is 0 Å². The first-order valence-corrected chi connectivity index (χ1v) is 31.0. The lowest BCUT2D eigenvalue weighted by molar-refractivity contribution is -0.318. The van der Waals surface area contributed by atoms with Crippen molar-refractivity contribution in [3.8, 4) is 11.8 Å². The largest absolute Gasteiger partial charge is 0.462 e. The van der Waals surface area contributed by atoms with Gasteiger partial charge in [-0.2, -0.15) is 0 Å². The van der Waals surface area contributed by atoms with Crippen LogP contribution in [0, 0.1) is 29.6 Å². The Kier molecular flexibility index (Phi) is 23.3. The molecule has 18 atom stereocenters. The van der Waals surface area contributed by atoms with Crippen LogP contribution in [0.25, 0.3) is 10.9 Å². The lowest BCUT2D eigenvalue weighted by atomic mass is 9.77. The Morgan fingerprint density at radius 2 is 1.58 bits per heavy atom. The van der Waals surface area contributed by atoms with Crippen molar-refractivity contribution in [1.82, 2.24) is 24.2 Å². The van der Waals surface area contributed by atoms with Crippen LogP contribution in [0.1, 0.15) is 143 Å². The van der Waals surface area contributed by atoms with Crippen LogP contribution < -0.4 is 5.43 Å². The van der Waals surface area contributed by atoms with Crippen molar-refractivity contribution < 1.29 is 72.3 Å². The summed E-state index contributed by atoms with van der Waals surface area (Å²) in [4.78, 5) is 63.2. The summed E-state index contributed by atoms with van der Waals surface area (Å²) >= 11 is 0. The molecular formula is C64H101N5O16. The maximum atomic E-state index is 14.8. The Morgan fingerprint density at radius 1 is 0.894 bits per heavy atom. The Balaban J connectivity index is 1.03. The van der Waals surface area contributed by atoms with E-state index < -0.39 is 102 Å². The van der Waals surface area contributed by atoms with E-state index in [9.17, 15) is 34.5 Å². The molecule has 5 aliphatic rings. The van der Waals surface area contributed by atoms with Crippen LogP contribution in [0.2, 0.25) is 0 Å². The molecule has 85 heavy (non-hydrogen) atoms. The molecule has 1 aromatic carbocycles. The molecule has 2 aromatic rings. The minimum Gasteiger partial charge on any atom is -0.462 e. The van der Waals surface area contributed by atoms with Crippen LogP contribution in [0.3, 0.4) is 0 Å². The molecule has 7 rings (SSSR count). The van der Waals surface area contributed by atoms with E-state index in [4.69, 9.17) is 42.6 Å². The lowest BCUT2D eigenvalue weighted by Gasteiger charge is -2.49. The zero-order valence-corrected chi connectivity index (χ0v) is 53.5. The van der Waals surface area contributed by atoms with Gasteiger partial charge in [-0.3, -0.25) is 19.3 Å². The Labute approximate surface area is 504 Å². The van der Waals surface area contributed by atoms with Gasteiger partial charge in [0.05, 0.1) is 61.0 Å². The van der Waals surface area contributed by atoms with Gasteiger partial charge >= 0.3 is 17.9 Å². The summed E-state index contributed by atoms with van der Waals surface area (Å²) < 4.78 is 58.8. The summed E-state index contributed by atoms with van der Waals surface area (Å²) in [5, 5.41) is 37.5. The van der Waals surface area contributed by atoms with Gasteiger partial charge in [-0.25, -0.2) is 4.79 Å². The number of methoxy groups -OCH3 is 2. The van der Waals surface area contributed by atoms with Gasteiger partial charge in [0.1, 0.15) is 35.1 Å². The van der Waals surface area contributed by atoms with Crippen LogP contribution in [0.15, 0.2) is 29.2 Å². The summed E-state index contributed by atoms with van der Waals surface area (Å²) in [6, 6.07) is 5.18. The number of benzene rings is 1. The molecule has 5 heterocycles. The fourth-order valence-electron chi connectivity index (χ4n) is 13.7. The summed E-state index contributed by atoms with van der Waals surface area (Å²) in [6.07, 6.45) is -4.20. The van der Waals surface area contributed by atoms with E-state index in [0.717, 1.165) is 44.5 Å². The molecule has 478 valence electrons. The number of aliphatic hydroxyl groups is 3. The quantitative estimate of drug-likeness (QED) is 0.114. The number of hydrogen-bond donors (Lipinski definition) is 3. The van der Waals surface area contributed by atoms with Gasteiger partial charge < -0.3 is 77.2 Å². The second-order valence-electron chi connectivity index (χ2n) is 26.0. The number of rotatable bonds is 16. The first-order valence-electron chi connectivity index (χ1n) is 31.0. The van der Waals surface area contributed by atoms with E-state index in [1.807, 2.05) is 84.3 Å². The fourth-order valence-corrected chi connectivity index (χ4v) is 13.7. The van der Waals surface area contributed by atoms with Gasteiger partial charge in [-0.1, -0.05) is 32.6 Å². The molecule has 1 saturated carbocycles. The summed E-state index contributed by atoms with van der Waals surface area (Å²) in [5.74, 6) is 2.80. The van der Waals surface area contributed by atoms with E-state index in [1.165, 1.54) is 7.11 Å². The second kappa shape index (κ2) is 29.0. The zero-order valence-electron chi connectivity index (χ0n) is 53.5. The molecular weight excluding hydrogens is 1090 g/mol. The van der Waals surface area contributed by atoms with Crippen molar-refractivity contribution in [3.63, 3.8) is 0 Å². The molecule has 0 unspecified atom stereocenters. The highest BCUT2D eigenvalue weighted by Crippen LogP contribution is 2.42. The van der Waals surface area contributed by atoms with Crippen molar-refractivity contribution in [2.45, 2.75) is 217 Å². The first-order chi connectivity index (χ1) is 40.1. The van der Waals surface area contributed by atoms with Gasteiger partial charge in [0.2, 0.25) is 5.43 Å². The number of nitrogens with zero attached hydrogens (tertiary/aromatic N) is 5. The number of cyclic esters (lactones) is 1. The molecule has 0 bridgehead atoms. The predicted octanol–water partition coefficient (Wildman–Crippen LogP) is 4.99. The summed E-state index contributed by atoms with van der Waals surface area (Å²) in [7, 11) is 8.80. The van der Waals surface area contributed by atoms with Gasteiger partial charge in [0, 0.05) is 101 Å². The number of piperazine rings is 1. The number of esters is 3. The van der Waals surface area contributed by atoms with Crippen molar-refractivity contribution in [2.24, 2.45) is 17.8 Å². The SMILES string of the molecule is CCOC(=O)c1cn(C2CC2)c2ccc(C#CCN3CCN(CCC(=O)O[C@H]4[C@H](C)O[C@@H](O[C@H]5[C@H](C)[C@@H](O[C@@H]6O[C@H](C)C[C@H](N(C)C)[C@H]6O)[C@](C)(O)C[C@@H](C)CN(C)[C@H](C)[C@@H](OC)[C@](C)(O)[C@@H](CC)OC(=O)[C@@H]5C)C[C@@]4(C)OC)CC3)cc2c1=O. The summed E-state index contributed by atoms with van der Waals surface area (Å²) in [6.45, 7) is 24.6. The average Bonchev–Trinajstić information content (AvgIpc) is 2.34. The molecule has 4 aliphatic heterocycles. The van der Waals surface area contributed by atoms with Crippen LogP contribution in [-0.4, -0.2) is 235 Å². The van der Waals surface area contributed by atoms with Gasteiger partial charge in [0.25, 0.3) is 0 Å². The van der Waals surface area contributed by atoms with Crippen molar-refractivity contribution in [3.05, 3.63) is 45.7 Å². The zero-order chi connectivity index (χ0) is 62.5. The van der Waals surface area contributed by atoms with E-state index in [1.54, 1.807) is 54.0 Å². The van der Waals surface area contributed by atoms with Crippen LogP contribution in [0.5, 0.6) is 0 Å². The molecule has 4 saturated heterocycles. The van der Waals surface area contributed by atoms with E-state index in [2.05, 4.69) is 26.5 Å². The molecule has 1 aromatic heterocycles. The highest BCUT2D eigenvalue weighted by atomic mass is 16.7. The third kappa shape index (κ3) is 16.2. The number of carbonyl (C=O) groups is 3. The molecule has 3 N–H and O–H groups in total. The van der Waals surface area contributed by atoms with Gasteiger partial charge in [-0.15, -0.1) is 0 Å². The minimum absolute atomic E-state index is 0.0346. The number of carbonyl (C=O) groups excluding carboxylic acids is 3. The fraction of sp³-hybridized carbons (Fsp3) is 0.781.